The first-order valence-electron chi connectivity index (χ1n) is 11.7. The molecule has 0 aliphatic carbocycles. The van der Waals surface area contributed by atoms with Crippen molar-refractivity contribution >= 4 is 24.1 Å². The van der Waals surface area contributed by atoms with Crippen LogP contribution in [0, 0.1) is 6.92 Å². The highest BCUT2D eigenvalue weighted by molar-refractivity contribution is 6.05. The number of hydrazone groups is 1. The lowest BCUT2D eigenvalue weighted by Crippen LogP contribution is -2.33. The Bertz CT molecular complexity index is 1600. The van der Waals surface area contributed by atoms with Crippen LogP contribution < -0.4 is 25.8 Å². The van der Waals surface area contributed by atoms with Crippen molar-refractivity contribution in [2.45, 2.75) is 6.92 Å². The highest BCUT2D eigenvalue weighted by atomic mass is 16.7. The Kier molecular flexibility index (Phi) is 6.85. The summed E-state index contributed by atoms with van der Waals surface area (Å²) in [5.41, 5.74) is 4.53. The quantitative estimate of drug-likeness (QED) is 0.200. The number of carbonyl (C=O) groups excluding carboxylic acids is 2. The molecule has 1 aliphatic heterocycles. The molecule has 2 heterocycles. The van der Waals surface area contributed by atoms with Gasteiger partial charge in [-0.3, -0.25) is 19.5 Å². The molecule has 3 aromatic carbocycles. The molecule has 10 heteroatoms. The van der Waals surface area contributed by atoms with E-state index in [1.807, 2.05) is 18.2 Å². The second-order valence-corrected chi connectivity index (χ2v) is 8.32. The van der Waals surface area contributed by atoms with E-state index in [0.29, 0.717) is 34.0 Å². The van der Waals surface area contributed by atoms with Crippen LogP contribution in [0.5, 0.6) is 11.5 Å². The first-order chi connectivity index (χ1) is 18.5. The van der Waals surface area contributed by atoms with E-state index in [2.05, 4.69) is 20.9 Å². The Morgan fingerprint density at radius 2 is 1.68 bits per heavy atom. The molecule has 0 saturated heterocycles. The molecular weight excluding hydrogens is 486 g/mol. The molecule has 0 unspecified atom stereocenters. The fourth-order valence-electron chi connectivity index (χ4n) is 3.80. The number of para-hydroxylation sites is 1. The van der Waals surface area contributed by atoms with Crippen LogP contribution in [0.15, 0.2) is 94.5 Å². The number of fused-ring (bicyclic) bond motifs is 1. The van der Waals surface area contributed by atoms with Gasteiger partial charge in [0.25, 0.3) is 17.4 Å². The predicted octanol–water partition coefficient (Wildman–Crippen LogP) is 3.12. The molecule has 4 aromatic rings. The van der Waals surface area contributed by atoms with Crippen molar-refractivity contribution in [3.05, 3.63) is 117 Å². The molecule has 3 N–H and O–H groups in total. The number of rotatable bonds is 7. The Morgan fingerprint density at radius 1 is 0.974 bits per heavy atom. The van der Waals surface area contributed by atoms with Gasteiger partial charge in [-0.05, 0) is 55.0 Å². The van der Waals surface area contributed by atoms with Gasteiger partial charge in [0.15, 0.2) is 11.5 Å². The van der Waals surface area contributed by atoms with Crippen molar-refractivity contribution in [2.75, 3.05) is 6.79 Å². The van der Waals surface area contributed by atoms with E-state index < -0.39 is 11.8 Å². The predicted molar refractivity (Wildman–Crippen MR) is 141 cm³/mol. The molecule has 0 radical (unpaired) electrons. The lowest BCUT2D eigenvalue weighted by molar-refractivity contribution is -0.117. The lowest BCUT2D eigenvalue weighted by atomic mass is 10.1. The fourth-order valence-corrected chi connectivity index (χ4v) is 3.80. The molecule has 1 aromatic heterocycles. The van der Waals surface area contributed by atoms with Crippen molar-refractivity contribution in [3.8, 4) is 17.2 Å². The summed E-state index contributed by atoms with van der Waals surface area (Å²) in [5, 5.41) is 9.61. The van der Waals surface area contributed by atoms with E-state index in [1.165, 1.54) is 17.0 Å². The standard InChI is InChI=1S/C28H23N5O5/c1-18-22(28(36)33(32-18)21-10-6-3-7-11-21)16-29-31-27(35)23(30-26(34)20-8-4-2-5-9-20)14-19-12-13-24-25(15-19)38-17-37-24/h2-16,32H,17H2,1H3,(H,30,34)(H,31,35). The van der Waals surface area contributed by atoms with E-state index >= 15 is 0 Å². The number of aryl methyl sites for hydroxylation is 1. The van der Waals surface area contributed by atoms with Crippen molar-refractivity contribution in [2.24, 2.45) is 5.10 Å². The van der Waals surface area contributed by atoms with Gasteiger partial charge in [-0.15, -0.1) is 0 Å². The number of benzene rings is 3. The van der Waals surface area contributed by atoms with Crippen LogP contribution in [-0.4, -0.2) is 34.6 Å². The third-order valence-electron chi connectivity index (χ3n) is 5.73. The number of nitrogens with one attached hydrogen (secondary N) is 3. The van der Waals surface area contributed by atoms with E-state index in [4.69, 9.17) is 9.47 Å². The van der Waals surface area contributed by atoms with Gasteiger partial charge < -0.3 is 14.8 Å². The third-order valence-corrected chi connectivity index (χ3v) is 5.73. The van der Waals surface area contributed by atoms with Gasteiger partial charge in [0.1, 0.15) is 5.70 Å². The molecular formula is C28H23N5O5. The number of ether oxygens (including phenoxy) is 2. The largest absolute Gasteiger partial charge is 0.454 e. The van der Waals surface area contributed by atoms with Crippen LogP contribution in [0.3, 0.4) is 0 Å². The van der Waals surface area contributed by atoms with Crippen LogP contribution in [0.4, 0.5) is 0 Å². The van der Waals surface area contributed by atoms with Gasteiger partial charge in [-0.25, -0.2) is 10.1 Å². The zero-order valence-corrected chi connectivity index (χ0v) is 20.3. The van der Waals surface area contributed by atoms with Gasteiger partial charge in [0.05, 0.1) is 17.5 Å². The second-order valence-electron chi connectivity index (χ2n) is 8.32. The van der Waals surface area contributed by atoms with Gasteiger partial charge >= 0.3 is 0 Å². The summed E-state index contributed by atoms with van der Waals surface area (Å²) in [4.78, 5) is 38.7. The molecule has 0 atom stereocenters. The number of hydrogen-bond donors (Lipinski definition) is 3. The maximum absolute atomic E-state index is 13.1. The Hall–Kier alpha value is -5.38. The number of nitrogens with zero attached hydrogens (tertiary/aromatic N) is 2. The number of carbonyl (C=O) groups is 2. The van der Waals surface area contributed by atoms with Crippen LogP contribution in [-0.2, 0) is 4.79 Å². The third kappa shape index (κ3) is 5.24. The highest BCUT2D eigenvalue weighted by Gasteiger charge is 2.17. The molecule has 0 saturated carbocycles. The summed E-state index contributed by atoms with van der Waals surface area (Å²) in [6, 6.07) is 22.7. The van der Waals surface area contributed by atoms with E-state index in [-0.39, 0.29) is 23.6 Å². The summed E-state index contributed by atoms with van der Waals surface area (Å²) in [7, 11) is 0. The first-order valence-corrected chi connectivity index (χ1v) is 11.7. The van der Waals surface area contributed by atoms with Crippen molar-refractivity contribution in [3.63, 3.8) is 0 Å². The molecule has 0 bridgehead atoms. The smallest absolute Gasteiger partial charge is 0.287 e. The molecule has 10 nitrogen and oxygen atoms in total. The molecule has 0 spiro atoms. The minimum absolute atomic E-state index is 0.0534. The highest BCUT2D eigenvalue weighted by Crippen LogP contribution is 2.33. The van der Waals surface area contributed by atoms with Crippen LogP contribution in [0.25, 0.3) is 11.8 Å². The molecule has 5 rings (SSSR count). The zero-order valence-electron chi connectivity index (χ0n) is 20.3. The maximum Gasteiger partial charge on any atom is 0.287 e. The Morgan fingerprint density at radius 3 is 2.45 bits per heavy atom. The second kappa shape index (κ2) is 10.7. The SMILES string of the molecule is Cc1[nH]n(-c2ccccc2)c(=O)c1C=NNC(=O)C(=Cc1ccc2c(c1)OCO2)NC(=O)c1ccccc1. The molecule has 190 valence electrons. The van der Waals surface area contributed by atoms with Crippen LogP contribution in [0.2, 0.25) is 0 Å². The molecule has 38 heavy (non-hydrogen) atoms. The molecule has 2 amide bonds. The van der Waals surface area contributed by atoms with Gasteiger partial charge in [0.2, 0.25) is 6.79 Å². The number of aromatic nitrogens is 2. The average molecular weight is 510 g/mol. The van der Waals surface area contributed by atoms with E-state index in [9.17, 15) is 14.4 Å². The fraction of sp³-hybridized carbons (Fsp3) is 0.0714. The monoisotopic (exact) mass is 509 g/mol. The molecule has 0 fully saturated rings. The lowest BCUT2D eigenvalue weighted by Gasteiger charge is -2.09. The number of aromatic amines is 1. The summed E-state index contributed by atoms with van der Waals surface area (Å²) in [6.07, 6.45) is 2.76. The van der Waals surface area contributed by atoms with Crippen LogP contribution >= 0.6 is 0 Å². The van der Waals surface area contributed by atoms with E-state index in [1.54, 1.807) is 67.6 Å². The first kappa shape index (κ1) is 24.3. The Balaban J connectivity index is 1.38. The van der Waals surface area contributed by atoms with Crippen molar-refractivity contribution in [1.82, 2.24) is 20.5 Å². The van der Waals surface area contributed by atoms with Gasteiger partial charge in [-0.1, -0.05) is 42.5 Å². The van der Waals surface area contributed by atoms with Gasteiger partial charge in [0, 0.05) is 11.3 Å². The van der Waals surface area contributed by atoms with Crippen molar-refractivity contribution < 1.29 is 19.1 Å². The number of H-pyrrole nitrogens is 1. The maximum atomic E-state index is 13.1. The van der Waals surface area contributed by atoms with E-state index in [0.717, 1.165) is 0 Å². The number of amides is 2. The van der Waals surface area contributed by atoms with Crippen molar-refractivity contribution in [1.29, 1.82) is 0 Å². The minimum atomic E-state index is -0.681. The topological polar surface area (TPSA) is 127 Å². The summed E-state index contributed by atoms with van der Waals surface area (Å²) in [5.74, 6) is -0.0265. The average Bonchev–Trinajstić information content (AvgIpc) is 3.52. The summed E-state index contributed by atoms with van der Waals surface area (Å²) in [6.45, 7) is 1.84. The van der Waals surface area contributed by atoms with Gasteiger partial charge in [-0.2, -0.15) is 5.10 Å². The Labute approximate surface area is 217 Å². The minimum Gasteiger partial charge on any atom is -0.454 e. The van der Waals surface area contributed by atoms with Crippen LogP contribution in [0.1, 0.15) is 27.2 Å². The zero-order chi connectivity index (χ0) is 26.5. The number of hydrogen-bond acceptors (Lipinski definition) is 6. The summed E-state index contributed by atoms with van der Waals surface area (Å²) < 4.78 is 12.1. The normalized spacial score (nSPS) is 12.5. The summed E-state index contributed by atoms with van der Waals surface area (Å²) >= 11 is 0. The molecule has 1 aliphatic rings.